The van der Waals surface area contributed by atoms with Crippen LogP contribution in [0.1, 0.15) is 30.4 Å². The zero-order valence-corrected chi connectivity index (χ0v) is 13.1. The van der Waals surface area contributed by atoms with Crippen molar-refractivity contribution in [2.24, 2.45) is 11.8 Å². The number of rotatable bonds is 3. The highest BCUT2D eigenvalue weighted by Crippen LogP contribution is 2.28. The van der Waals surface area contributed by atoms with Gasteiger partial charge in [-0.3, -0.25) is 14.8 Å². The van der Waals surface area contributed by atoms with Gasteiger partial charge in [0.2, 0.25) is 11.8 Å². The first-order chi connectivity index (χ1) is 11.2. The van der Waals surface area contributed by atoms with E-state index in [1.165, 1.54) is 5.56 Å². The van der Waals surface area contributed by atoms with Crippen LogP contribution in [0.25, 0.3) is 0 Å². The summed E-state index contributed by atoms with van der Waals surface area (Å²) >= 11 is 0. The molecular weight excluding hydrogens is 294 g/mol. The number of piperidine rings is 1. The maximum Gasteiger partial charge on any atom is 0.246 e. The van der Waals surface area contributed by atoms with E-state index in [0.717, 1.165) is 50.0 Å². The Bertz CT molecular complexity index is 597. The van der Waals surface area contributed by atoms with Gasteiger partial charge in [0.25, 0.3) is 0 Å². The van der Waals surface area contributed by atoms with Gasteiger partial charge in [-0.1, -0.05) is 6.07 Å². The van der Waals surface area contributed by atoms with E-state index in [4.69, 9.17) is 5.21 Å². The molecular formula is C17H23N3O3. The molecule has 0 saturated carbocycles. The molecule has 1 aliphatic carbocycles. The molecule has 2 aliphatic rings. The van der Waals surface area contributed by atoms with Crippen LogP contribution in [0, 0.1) is 11.8 Å². The fourth-order valence-electron chi connectivity index (χ4n) is 3.48. The third kappa shape index (κ3) is 3.71. The van der Waals surface area contributed by atoms with Crippen LogP contribution in [0.3, 0.4) is 0 Å². The Morgan fingerprint density at radius 3 is 2.57 bits per heavy atom. The minimum atomic E-state index is -0.334. The zero-order valence-electron chi connectivity index (χ0n) is 13.1. The molecule has 0 spiro atoms. The van der Waals surface area contributed by atoms with Gasteiger partial charge in [-0.15, -0.1) is 0 Å². The van der Waals surface area contributed by atoms with Crippen LogP contribution in [0.4, 0.5) is 5.69 Å². The molecule has 0 bridgehead atoms. The van der Waals surface area contributed by atoms with Crippen molar-refractivity contribution in [3.05, 3.63) is 29.3 Å². The second kappa shape index (κ2) is 7.10. The Morgan fingerprint density at radius 2 is 1.83 bits per heavy atom. The van der Waals surface area contributed by atoms with Crippen molar-refractivity contribution in [1.29, 1.82) is 0 Å². The molecule has 23 heavy (non-hydrogen) atoms. The first kappa shape index (κ1) is 16.0. The van der Waals surface area contributed by atoms with E-state index in [2.05, 4.69) is 10.6 Å². The number of amides is 2. The van der Waals surface area contributed by atoms with E-state index < -0.39 is 0 Å². The Morgan fingerprint density at radius 1 is 1.04 bits per heavy atom. The lowest BCUT2D eigenvalue weighted by Crippen LogP contribution is -2.34. The number of benzene rings is 1. The molecule has 3 rings (SSSR count). The van der Waals surface area contributed by atoms with Crippen molar-refractivity contribution in [3.63, 3.8) is 0 Å². The van der Waals surface area contributed by atoms with Crippen molar-refractivity contribution in [1.82, 2.24) is 10.8 Å². The van der Waals surface area contributed by atoms with Gasteiger partial charge in [-0.25, -0.2) is 5.48 Å². The minimum Gasteiger partial charge on any atom is -0.326 e. The SMILES string of the molecule is O=C(NO)C1CCc2ccc(NC(=O)C3CCNCC3)cc2C1. The van der Waals surface area contributed by atoms with Crippen LogP contribution in [-0.4, -0.2) is 30.1 Å². The quantitative estimate of drug-likeness (QED) is 0.499. The summed E-state index contributed by atoms with van der Waals surface area (Å²) in [5.74, 6) is -0.394. The number of hydrogen-bond donors (Lipinski definition) is 4. The predicted molar refractivity (Wildman–Crippen MR) is 86.1 cm³/mol. The van der Waals surface area contributed by atoms with Gasteiger partial charge >= 0.3 is 0 Å². The maximum absolute atomic E-state index is 12.3. The summed E-state index contributed by atoms with van der Waals surface area (Å²) in [6, 6.07) is 5.93. The van der Waals surface area contributed by atoms with Crippen LogP contribution in [-0.2, 0) is 22.4 Å². The zero-order chi connectivity index (χ0) is 16.2. The fraction of sp³-hybridized carbons (Fsp3) is 0.529. The third-order valence-corrected chi connectivity index (χ3v) is 4.89. The summed E-state index contributed by atoms with van der Waals surface area (Å²) in [5, 5.41) is 15.1. The first-order valence-corrected chi connectivity index (χ1v) is 8.24. The smallest absolute Gasteiger partial charge is 0.246 e. The lowest BCUT2D eigenvalue weighted by atomic mass is 9.83. The average Bonchev–Trinajstić information content (AvgIpc) is 2.61. The number of fused-ring (bicyclic) bond motifs is 1. The standard InChI is InChI=1S/C17H23N3O3/c21-16(12-5-7-18-8-6-12)19-15-4-3-11-1-2-13(17(22)20-23)9-14(11)10-15/h3-4,10,12-13,18,23H,1-2,5-9H2,(H,19,21)(H,20,22). The Hall–Kier alpha value is -1.92. The molecule has 1 aromatic rings. The third-order valence-electron chi connectivity index (χ3n) is 4.89. The van der Waals surface area contributed by atoms with Crippen LogP contribution >= 0.6 is 0 Å². The van der Waals surface area contributed by atoms with Crippen molar-refractivity contribution in [3.8, 4) is 0 Å². The van der Waals surface area contributed by atoms with E-state index in [9.17, 15) is 9.59 Å². The Balaban J connectivity index is 1.68. The van der Waals surface area contributed by atoms with E-state index >= 15 is 0 Å². The summed E-state index contributed by atoms with van der Waals surface area (Å²) in [7, 11) is 0. The van der Waals surface area contributed by atoms with Crippen LogP contribution in [0.15, 0.2) is 18.2 Å². The lowest BCUT2D eigenvalue weighted by Gasteiger charge is -2.24. The van der Waals surface area contributed by atoms with Crippen molar-refractivity contribution in [2.45, 2.75) is 32.1 Å². The van der Waals surface area contributed by atoms with Gasteiger partial charge in [-0.2, -0.15) is 0 Å². The van der Waals surface area contributed by atoms with Gasteiger partial charge in [0.15, 0.2) is 0 Å². The second-order valence-corrected chi connectivity index (χ2v) is 6.41. The molecule has 6 nitrogen and oxygen atoms in total. The molecule has 1 fully saturated rings. The summed E-state index contributed by atoms with van der Waals surface area (Å²) in [4.78, 5) is 23.9. The number of carbonyl (C=O) groups excluding carboxylic acids is 2. The molecule has 2 amide bonds. The Kier molecular flexibility index (Phi) is 4.93. The van der Waals surface area contributed by atoms with E-state index in [1.807, 2.05) is 18.2 Å². The molecule has 4 N–H and O–H groups in total. The van der Waals surface area contributed by atoms with E-state index in [-0.39, 0.29) is 23.7 Å². The molecule has 1 atom stereocenters. The number of aryl methyl sites for hydroxylation is 1. The first-order valence-electron chi connectivity index (χ1n) is 8.24. The minimum absolute atomic E-state index is 0.0696. The van der Waals surface area contributed by atoms with Crippen LogP contribution < -0.4 is 16.1 Å². The highest BCUT2D eigenvalue weighted by Gasteiger charge is 2.25. The number of nitrogens with one attached hydrogen (secondary N) is 3. The number of hydroxylamine groups is 1. The highest BCUT2D eigenvalue weighted by atomic mass is 16.5. The fourth-order valence-corrected chi connectivity index (χ4v) is 3.48. The highest BCUT2D eigenvalue weighted by molar-refractivity contribution is 5.92. The topological polar surface area (TPSA) is 90.5 Å². The normalized spacial score (nSPS) is 21.3. The summed E-state index contributed by atoms with van der Waals surface area (Å²) in [6.45, 7) is 1.78. The maximum atomic E-state index is 12.3. The van der Waals surface area contributed by atoms with Crippen molar-refractivity contribution in [2.75, 3.05) is 18.4 Å². The largest absolute Gasteiger partial charge is 0.326 e. The summed E-state index contributed by atoms with van der Waals surface area (Å²) < 4.78 is 0. The van der Waals surface area contributed by atoms with E-state index in [0.29, 0.717) is 6.42 Å². The molecule has 1 aliphatic heterocycles. The van der Waals surface area contributed by atoms with Crippen LogP contribution in [0.2, 0.25) is 0 Å². The molecule has 1 unspecified atom stereocenters. The van der Waals surface area contributed by atoms with Gasteiger partial charge < -0.3 is 10.6 Å². The average molecular weight is 317 g/mol. The number of carbonyl (C=O) groups is 2. The molecule has 1 saturated heterocycles. The summed E-state index contributed by atoms with van der Waals surface area (Å²) in [6.07, 6.45) is 3.89. The monoisotopic (exact) mass is 317 g/mol. The van der Waals surface area contributed by atoms with Crippen molar-refractivity contribution >= 4 is 17.5 Å². The number of hydrogen-bond acceptors (Lipinski definition) is 4. The molecule has 0 radical (unpaired) electrons. The van der Waals surface area contributed by atoms with Crippen LogP contribution in [0.5, 0.6) is 0 Å². The molecule has 0 aromatic heterocycles. The van der Waals surface area contributed by atoms with Gasteiger partial charge in [0, 0.05) is 17.5 Å². The van der Waals surface area contributed by atoms with E-state index in [1.54, 1.807) is 5.48 Å². The molecule has 124 valence electrons. The second-order valence-electron chi connectivity index (χ2n) is 6.41. The number of anilines is 1. The van der Waals surface area contributed by atoms with Crippen molar-refractivity contribution < 1.29 is 14.8 Å². The lowest BCUT2D eigenvalue weighted by molar-refractivity contribution is -0.133. The van der Waals surface area contributed by atoms with Gasteiger partial charge in [0.05, 0.1) is 0 Å². The van der Waals surface area contributed by atoms with Gasteiger partial charge in [0.1, 0.15) is 0 Å². The predicted octanol–water partition coefficient (Wildman–Crippen LogP) is 1.23. The molecule has 6 heteroatoms. The summed E-state index contributed by atoms with van der Waals surface area (Å²) in [5.41, 5.74) is 4.82. The Labute approximate surface area is 135 Å². The molecule has 1 aromatic carbocycles. The van der Waals surface area contributed by atoms with Gasteiger partial charge in [-0.05, 0) is 68.5 Å². The molecule has 1 heterocycles.